The summed E-state index contributed by atoms with van der Waals surface area (Å²) in [6, 6.07) is 15.8. The van der Waals surface area contributed by atoms with Gasteiger partial charge in [-0.2, -0.15) is 10.2 Å². The molecule has 0 aliphatic carbocycles. The average Bonchev–Trinajstić information content (AvgIpc) is 3.17. The number of anilines is 2. The van der Waals surface area contributed by atoms with Crippen molar-refractivity contribution in [3.05, 3.63) is 53.6 Å². The lowest BCUT2D eigenvalue weighted by Crippen LogP contribution is -2.25. The summed E-state index contributed by atoms with van der Waals surface area (Å²) in [4.78, 5) is 6.64. The molecule has 0 bridgehead atoms. The van der Waals surface area contributed by atoms with Crippen molar-refractivity contribution in [1.82, 2.24) is 10.1 Å². The molecule has 1 aliphatic heterocycles. The van der Waals surface area contributed by atoms with Gasteiger partial charge in [0.1, 0.15) is 11.8 Å². The second-order valence-corrected chi connectivity index (χ2v) is 6.77. The lowest BCUT2D eigenvalue weighted by molar-refractivity contribution is 0.242. The number of hydrogen-bond donors (Lipinski definition) is 0. The van der Waals surface area contributed by atoms with Gasteiger partial charge >= 0.3 is 0 Å². The molecule has 6 nitrogen and oxygen atoms in total. The standard InChI is InChI=1S/C21H20N4O2/c1-14(2)26-19-10-9-16(12-17(19)13-22)20-23-21(24-27-20)25-11-5-7-15-6-3-4-8-18(15)25/h3-4,6,8-10,12,14H,5,7,11H2,1-2H3. The first-order chi connectivity index (χ1) is 13.2. The summed E-state index contributed by atoms with van der Waals surface area (Å²) in [7, 11) is 0. The molecule has 0 atom stereocenters. The topological polar surface area (TPSA) is 75.2 Å². The van der Waals surface area contributed by atoms with Gasteiger partial charge in [0.2, 0.25) is 0 Å². The van der Waals surface area contributed by atoms with Crippen molar-refractivity contribution < 1.29 is 9.26 Å². The van der Waals surface area contributed by atoms with Crippen LogP contribution in [0.4, 0.5) is 11.6 Å². The molecule has 1 aliphatic rings. The van der Waals surface area contributed by atoms with E-state index in [2.05, 4.69) is 33.2 Å². The van der Waals surface area contributed by atoms with Crippen molar-refractivity contribution >= 4 is 11.6 Å². The summed E-state index contributed by atoms with van der Waals surface area (Å²) in [5.41, 5.74) is 3.56. The van der Waals surface area contributed by atoms with Crippen LogP contribution in [0.25, 0.3) is 11.5 Å². The molecule has 136 valence electrons. The molecule has 0 N–H and O–H groups in total. The molecule has 1 aromatic heterocycles. The summed E-state index contributed by atoms with van der Waals surface area (Å²) >= 11 is 0. The van der Waals surface area contributed by atoms with Gasteiger partial charge < -0.3 is 14.2 Å². The van der Waals surface area contributed by atoms with Crippen molar-refractivity contribution in [2.75, 3.05) is 11.4 Å². The van der Waals surface area contributed by atoms with E-state index in [0.29, 0.717) is 28.7 Å². The largest absolute Gasteiger partial charge is 0.490 e. The van der Waals surface area contributed by atoms with Crippen molar-refractivity contribution in [3.63, 3.8) is 0 Å². The summed E-state index contributed by atoms with van der Waals surface area (Å²) in [6.45, 7) is 4.70. The zero-order valence-electron chi connectivity index (χ0n) is 15.3. The third-order valence-electron chi connectivity index (χ3n) is 4.48. The van der Waals surface area contributed by atoms with E-state index in [9.17, 15) is 5.26 Å². The van der Waals surface area contributed by atoms with Crippen LogP contribution in [-0.4, -0.2) is 22.8 Å². The van der Waals surface area contributed by atoms with Crippen LogP contribution in [0.3, 0.4) is 0 Å². The lowest BCUT2D eigenvalue weighted by atomic mass is 10.0. The Labute approximate surface area is 158 Å². The first kappa shape index (κ1) is 17.1. The highest BCUT2D eigenvalue weighted by Crippen LogP contribution is 2.33. The van der Waals surface area contributed by atoms with Crippen LogP contribution < -0.4 is 9.64 Å². The number of fused-ring (bicyclic) bond motifs is 1. The van der Waals surface area contributed by atoms with Gasteiger partial charge in [-0.25, -0.2) is 0 Å². The highest BCUT2D eigenvalue weighted by molar-refractivity contribution is 5.66. The highest BCUT2D eigenvalue weighted by Gasteiger charge is 2.22. The quantitative estimate of drug-likeness (QED) is 0.683. The molecule has 0 saturated heterocycles. The summed E-state index contributed by atoms with van der Waals surface area (Å²) in [5, 5.41) is 13.6. The fourth-order valence-corrected chi connectivity index (χ4v) is 3.29. The number of aromatic nitrogens is 2. The molecule has 3 aromatic rings. The first-order valence-corrected chi connectivity index (χ1v) is 9.06. The molecule has 0 saturated carbocycles. The molecule has 0 amide bonds. The molecule has 0 fully saturated rings. The predicted octanol–water partition coefficient (Wildman–Crippen LogP) is 4.48. The Morgan fingerprint density at radius 2 is 2.07 bits per heavy atom. The number of benzene rings is 2. The third kappa shape index (κ3) is 3.36. The Hall–Kier alpha value is -3.33. The second-order valence-electron chi connectivity index (χ2n) is 6.77. The number of aryl methyl sites for hydroxylation is 1. The number of para-hydroxylation sites is 1. The zero-order chi connectivity index (χ0) is 18.8. The van der Waals surface area contributed by atoms with Crippen LogP contribution in [0.1, 0.15) is 31.4 Å². The van der Waals surface area contributed by atoms with Crippen molar-refractivity contribution in [2.24, 2.45) is 0 Å². The summed E-state index contributed by atoms with van der Waals surface area (Å²) in [5.74, 6) is 1.49. The Morgan fingerprint density at radius 3 is 2.89 bits per heavy atom. The van der Waals surface area contributed by atoms with Crippen molar-refractivity contribution in [3.8, 4) is 23.3 Å². The van der Waals surface area contributed by atoms with E-state index in [-0.39, 0.29) is 6.10 Å². The molecule has 4 rings (SSSR count). The second kappa shape index (κ2) is 7.12. The van der Waals surface area contributed by atoms with Gasteiger partial charge in [-0.1, -0.05) is 18.2 Å². The van der Waals surface area contributed by atoms with Crippen LogP contribution in [0.2, 0.25) is 0 Å². The molecule has 2 heterocycles. The smallest absolute Gasteiger partial charge is 0.270 e. The van der Waals surface area contributed by atoms with Gasteiger partial charge in [-0.15, -0.1) is 0 Å². The number of hydrogen-bond acceptors (Lipinski definition) is 6. The van der Waals surface area contributed by atoms with E-state index in [1.165, 1.54) is 5.56 Å². The molecule has 6 heteroatoms. The molecule has 0 spiro atoms. The minimum atomic E-state index is -0.00266. The molecule has 2 aromatic carbocycles. The fraction of sp³-hybridized carbons (Fsp3) is 0.286. The average molecular weight is 360 g/mol. The van der Waals surface area contributed by atoms with Crippen LogP contribution in [-0.2, 0) is 6.42 Å². The van der Waals surface area contributed by atoms with E-state index in [1.807, 2.05) is 32.0 Å². The number of ether oxygens (including phenoxy) is 1. The SMILES string of the molecule is CC(C)Oc1ccc(-c2nc(N3CCCc4ccccc43)no2)cc1C#N. The van der Waals surface area contributed by atoms with Gasteiger partial charge in [0.25, 0.3) is 11.8 Å². The van der Waals surface area contributed by atoms with E-state index >= 15 is 0 Å². The van der Waals surface area contributed by atoms with Gasteiger partial charge in [0, 0.05) is 17.8 Å². The normalized spacial score (nSPS) is 13.3. The Kier molecular flexibility index (Phi) is 4.51. The van der Waals surface area contributed by atoms with E-state index in [0.717, 1.165) is 25.1 Å². The summed E-state index contributed by atoms with van der Waals surface area (Å²) in [6.07, 6.45) is 2.10. The minimum absolute atomic E-state index is 0.00266. The number of nitrogens with zero attached hydrogens (tertiary/aromatic N) is 4. The highest BCUT2D eigenvalue weighted by atomic mass is 16.5. The zero-order valence-corrected chi connectivity index (χ0v) is 15.3. The van der Waals surface area contributed by atoms with Crippen molar-refractivity contribution in [2.45, 2.75) is 32.8 Å². The number of rotatable bonds is 4. The van der Waals surface area contributed by atoms with E-state index in [1.54, 1.807) is 12.1 Å². The van der Waals surface area contributed by atoms with Gasteiger partial charge in [-0.05, 0) is 61.7 Å². The maximum Gasteiger partial charge on any atom is 0.270 e. The lowest BCUT2D eigenvalue weighted by Gasteiger charge is -2.27. The first-order valence-electron chi connectivity index (χ1n) is 9.06. The molecule has 0 unspecified atom stereocenters. The van der Waals surface area contributed by atoms with Crippen molar-refractivity contribution in [1.29, 1.82) is 5.26 Å². The van der Waals surface area contributed by atoms with Crippen LogP contribution in [0, 0.1) is 11.3 Å². The molecular formula is C21H20N4O2. The van der Waals surface area contributed by atoms with Crippen LogP contribution >= 0.6 is 0 Å². The maximum absolute atomic E-state index is 9.42. The Balaban J connectivity index is 1.65. The van der Waals surface area contributed by atoms with Gasteiger partial charge in [-0.3, -0.25) is 0 Å². The predicted molar refractivity (Wildman–Crippen MR) is 102 cm³/mol. The molecule has 27 heavy (non-hydrogen) atoms. The minimum Gasteiger partial charge on any atom is -0.490 e. The van der Waals surface area contributed by atoms with Gasteiger partial charge in [0.05, 0.1) is 11.7 Å². The van der Waals surface area contributed by atoms with Gasteiger partial charge in [0.15, 0.2) is 0 Å². The monoisotopic (exact) mass is 360 g/mol. The molecule has 0 radical (unpaired) electrons. The van der Waals surface area contributed by atoms with E-state index in [4.69, 9.17) is 9.26 Å². The van der Waals surface area contributed by atoms with E-state index < -0.39 is 0 Å². The Morgan fingerprint density at radius 1 is 1.22 bits per heavy atom. The van der Waals surface area contributed by atoms with Crippen LogP contribution in [0.15, 0.2) is 47.0 Å². The summed E-state index contributed by atoms with van der Waals surface area (Å²) < 4.78 is 11.2. The maximum atomic E-state index is 9.42. The molecular weight excluding hydrogens is 340 g/mol. The Bertz CT molecular complexity index is 1000. The third-order valence-corrected chi connectivity index (χ3v) is 4.48. The fourth-order valence-electron chi connectivity index (χ4n) is 3.29. The number of nitriles is 1. The van der Waals surface area contributed by atoms with Crippen LogP contribution in [0.5, 0.6) is 5.75 Å².